The van der Waals surface area contributed by atoms with Crippen molar-refractivity contribution in [1.82, 2.24) is 9.29 Å². The number of aryl methyl sites for hydroxylation is 1. The van der Waals surface area contributed by atoms with Crippen molar-refractivity contribution in [2.24, 2.45) is 0 Å². The highest BCUT2D eigenvalue weighted by Gasteiger charge is 2.28. The average molecular weight is 276 g/mol. The molecule has 3 rings (SSSR count). The smallest absolute Gasteiger partial charge is 0.245 e. The summed E-state index contributed by atoms with van der Waals surface area (Å²) in [5.74, 6) is 0. The second kappa shape index (κ2) is 4.58. The van der Waals surface area contributed by atoms with E-state index in [1.54, 1.807) is 16.4 Å². The first-order valence-electron chi connectivity index (χ1n) is 6.45. The maximum Gasteiger partial charge on any atom is 0.245 e. The maximum atomic E-state index is 12.6. The van der Waals surface area contributed by atoms with Crippen molar-refractivity contribution >= 4 is 20.9 Å². The van der Waals surface area contributed by atoms with Gasteiger partial charge in [0, 0.05) is 24.2 Å². The van der Waals surface area contributed by atoms with Crippen molar-refractivity contribution in [1.29, 1.82) is 0 Å². The fourth-order valence-electron chi connectivity index (χ4n) is 2.49. The summed E-state index contributed by atoms with van der Waals surface area (Å²) < 4.78 is 26.9. The van der Waals surface area contributed by atoms with Crippen LogP contribution in [0.4, 0.5) is 0 Å². The topological polar surface area (TPSA) is 50.3 Å². The van der Waals surface area contributed by atoms with Crippen LogP contribution in [0.2, 0.25) is 0 Å². The molecule has 19 heavy (non-hydrogen) atoms. The Labute approximate surface area is 113 Å². The van der Waals surface area contributed by atoms with E-state index in [9.17, 15) is 8.42 Å². The van der Waals surface area contributed by atoms with Gasteiger partial charge < -0.3 is 0 Å². The van der Waals surface area contributed by atoms with Crippen LogP contribution in [0.5, 0.6) is 0 Å². The quantitative estimate of drug-likeness (QED) is 0.846. The molecule has 2 heterocycles. The first-order chi connectivity index (χ1) is 9.09. The summed E-state index contributed by atoms with van der Waals surface area (Å²) in [5.41, 5.74) is 1.41. The molecule has 1 saturated heterocycles. The molecule has 1 aromatic carbocycles. The number of rotatable bonds is 2. The van der Waals surface area contributed by atoms with Gasteiger partial charge in [0.2, 0.25) is 10.0 Å². The molecule has 0 unspecified atom stereocenters. The highest BCUT2D eigenvalue weighted by Crippen LogP contribution is 2.26. The minimum absolute atomic E-state index is 0.329. The summed E-state index contributed by atoms with van der Waals surface area (Å²) in [5, 5.41) is 0.867. The molecule has 0 radical (unpaired) electrons. The summed E-state index contributed by atoms with van der Waals surface area (Å²) in [6.07, 6.45) is 1.88. The molecule has 1 aromatic heterocycles. The van der Waals surface area contributed by atoms with Crippen LogP contribution in [0.15, 0.2) is 35.2 Å². The van der Waals surface area contributed by atoms with E-state index in [1.165, 1.54) is 0 Å². The second-order valence-electron chi connectivity index (χ2n) is 4.89. The van der Waals surface area contributed by atoms with Crippen molar-refractivity contribution < 1.29 is 8.42 Å². The lowest BCUT2D eigenvalue weighted by Gasteiger charge is -2.16. The van der Waals surface area contributed by atoms with Crippen LogP contribution in [0, 0.1) is 6.92 Å². The lowest BCUT2D eigenvalue weighted by Crippen LogP contribution is -2.28. The van der Waals surface area contributed by atoms with E-state index in [1.807, 2.05) is 25.1 Å². The minimum Gasteiger partial charge on any atom is -0.252 e. The summed E-state index contributed by atoms with van der Waals surface area (Å²) >= 11 is 0. The van der Waals surface area contributed by atoms with Crippen LogP contribution in [0.1, 0.15) is 18.5 Å². The Morgan fingerprint density at radius 3 is 2.58 bits per heavy atom. The van der Waals surface area contributed by atoms with Crippen molar-refractivity contribution in [3.8, 4) is 0 Å². The predicted octanol–water partition coefficient (Wildman–Crippen LogP) is 2.33. The van der Waals surface area contributed by atoms with Gasteiger partial charge in [-0.2, -0.15) is 4.31 Å². The van der Waals surface area contributed by atoms with Crippen molar-refractivity contribution in [2.75, 3.05) is 13.1 Å². The number of hydrogen-bond acceptors (Lipinski definition) is 3. The van der Waals surface area contributed by atoms with E-state index in [2.05, 4.69) is 4.98 Å². The Bertz CT molecular complexity index is 719. The zero-order chi connectivity index (χ0) is 13.5. The normalized spacial score (nSPS) is 17.1. The number of sulfonamides is 1. The molecule has 100 valence electrons. The highest BCUT2D eigenvalue weighted by atomic mass is 32.2. The van der Waals surface area contributed by atoms with E-state index in [0.29, 0.717) is 23.5 Å². The number of nitrogens with zero attached hydrogens (tertiary/aromatic N) is 2. The monoisotopic (exact) mass is 276 g/mol. The lowest BCUT2D eigenvalue weighted by molar-refractivity contribution is 0.478. The van der Waals surface area contributed by atoms with Gasteiger partial charge in [-0.1, -0.05) is 18.2 Å². The standard InChI is InChI=1S/C14H16N2O2S/c1-11-7-8-12-5-4-6-13(14(12)15-11)19(17,18)16-9-2-3-10-16/h4-8H,2-3,9-10H2,1H3. The molecule has 0 saturated carbocycles. The number of fused-ring (bicyclic) bond motifs is 1. The number of aromatic nitrogens is 1. The molecule has 0 N–H and O–H groups in total. The first-order valence-corrected chi connectivity index (χ1v) is 7.89. The van der Waals surface area contributed by atoms with Crippen LogP contribution in [-0.4, -0.2) is 30.8 Å². The number of hydrogen-bond donors (Lipinski definition) is 0. The molecular weight excluding hydrogens is 260 g/mol. The molecule has 0 aliphatic carbocycles. The maximum absolute atomic E-state index is 12.6. The van der Waals surface area contributed by atoms with Crippen molar-refractivity contribution in [2.45, 2.75) is 24.7 Å². The zero-order valence-electron chi connectivity index (χ0n) is 10.8. The van der Waals surface area contributed by atoms with E-state index in [0.717, 1.165) is 23.9 Å². The first kappa shape index (κ1) is 12.6. The molecule has 1 aliphatic rings. The molecule has 4 nitrogen and oxygen atoms in total. The molecule has 1 aliphatic heterocycles. The van der Waals surface area contributed by atoms with Gasteiger partial charge in [0.15, 0.2) is 0 Å². The third kappa shape index (κ3) is 2.13. The molecule has 0 atom stereocenters. The zero-order valence-corrected chi connectivity index (χ0v) is 11.7. The second-order valence-corrected chi connectivity index (χ2v) is 6.80. The number of benzene rings is 1. The van der Waals surface area contributed by atoms with Gasteiger partial charge in [0.1, 0.15) is 4.90 Å². The third-order valence-corrected chi connectivity index (χ3v) is 5.44. The third-order valence-electron chi connectivity index (χ3n) is 3.51. The van der Waals surface area contributed by atoms with Crippen molar-refractivity contribution in [3.05, 3.63) is 36.0 Å². The Morgan fingerprint density at radius 2 is 1.84 bits per heavy atom. The van der Waals surface area contributed by atoms with Crippen LogP contribution >= 0.6 is 0 Å². The number of pyridine rings is 1. The van der Waals surface area contributed by atoms with E-state index >= 15 is 0 Å². The SMILES string of the molecule is Cc1ccc2cccc(S(=O)(=O)N3CCCC3)c2n1. The van der Waals surface area contributed by atoms with E-state index in [4.69, 9.17) is 0 Å². The lowest BCUT2D eigenvalue weighted by atomic mass is 10.2. The van der Waals surface area contributed by atoms with Gasteiger partial charge in [0.25, 0.3) is 0 Å². The molecule has 0 bridgehead atoms. The highest BCUT2D eigenvalue weighted by molar-refractivity contribution is 7.89. The Morgan fingerprint density at radius 1 is 1.11 bits per heavy atom. The molecule has 0 amide bonds. The van der Waals surface area contributed by atoms with Crippen LogP contribution in [0.25, 0.3) is 10.9 Å². The van der Waals surface area contributed by atoms with Gasteiger partial charge in [-0.05, 0) is 31.9 Å². The fraction of sp³-hybridized carbons (Fsp3) is 0.357. The van der Waals surface area contributed by atoms with E-state index < -0.39 is 10.0 Å². The fourth-order valence-corrected chi connectivity index (χ4v) is 4.17. The summed E-state index contributed by atoms with van der Waals surface area (Å²) in [4.78, 5) is 4.74. The molecular formula is C14H16N2O2S. The van der Waals surface area contributed by atoms with Crippen LogP contribution in [-0.2, 0) is 10.0 Å². The summed E-state index contributed by atoms with van der Waals surface area (Å²) in [6.45, 7) is 3.10. The average Bonchev–Trinajstić information content (AvgIpc) is 2.92. The Hall–Kier alpha value is -1.46. The van der Waals surface area contributed by atoms with Gasteiger partial charge in [0.05, 0.1) is 5.52 Å². The number of para-hydroxylation sites is 1. The summed E-state index contributed by atoms with van der Waals surface area (Å²) in [6, 6.07) is 9.14. The van der Waals surface area contributed by atoms with Crippen LogP contribution in [0.3, 0.4) is 0 Å². The molecule has 0 spiro atoms. The van der Waals surface area contributed by atoms with Gasteiger partial charge >= 0.3 is 0 Å². The van der Waals surface area contributed by atoms with Gasteiger partial charge in [-0.15, -0.1) is 0 Å². The van der Waals surface area contributed by atoms with Crippen LogP contribution < -0.4 is 0 Å². The summed E-state index contributed by atoms with van der Waals surface area (Å²) in [7, 11) is -3.41. The van der Waals surface area contributed by atoms with E-state index in [-0.39, 0.29) is 0 Å². The molecule has 2 aromatic rings. The largest absolute Gasteiger partial charge is 0.252 e. The Kier molecular flexibility index (Phi) is 3.03. The molecule has 5 heteroatoms. The van der Waals surface area contributed by atoms with Gasteiger partial charge in [-0.3, -0.25) is 4.98 Å². The molecule has 1 fully saturated rings. The predicted molar refractivity (Wildman–Crippen MR) is 74.5 cm³/mol. The van der Waals surface area contributed by atoms with Gasteiger partial charge in [-0.25, -0.2) is 8.42 Å². The van der Waals surface area contributed by atoms with Crippen molar-refractivity contribution in [3.63, 3.8) is 0 Å². The minimum atomic E-state index is -3.41. The Balaban J connectivity index is 2.22.